The fourth-order valence-electron chi connectivity index (χ4n) is 2.15. The van der Waals surface area contributed by atoms with Gasteiger partial charge in [-0.1, -0.05) is 35.7 Å². The van der Waals surface area contributed by atoms with Crippen molar-refractivity contribution in [2.45, 2.75) is 44.6 Å². The van der Waals surface area contributed by atoms with E-state index in [0.29, 0.717) is 18.0 Å². The first-order valence-corrected chi connectivity index (χ1v) is 9.47. The summed E-state index contributed by atoms with van der Waals surface area (Å²) in [7, 11) is 0.0640. The van der Waals surface area contributed by atoms with Gasteiger partial charge in [0.1, 0.15) is 0 Å². The van der Waals surface area contributed by atoms with Crippen LogP contribution in [0.1, 0.15) is 37.3 Å². The van der Waals surface area contributed by atoms with Gasteiger partial charge in [0.2, 0.25) is 10.0 Å². The first-order chi connectivity index (χ1) is 9.84. The molecule has 0 saturated carbocycles. The van der Waals surface area contributed by atoms with Crippen molar-refractivity contribution >= 4 is 26.0 Å². The summed E-state index contributed by atoms with van der Waals surface area (Å²) in [5.74, 6) is 0. The lowest BCUT2D eigenvalue weighted by Crippen LogP contribution is -2.28. The maximum atomic E-state index is 12.7. The number of unbranched alkanes of at least 4 members (excludes halogenated alkanes) is 2. The first-order valence-electron chi connectivity index (χ1n) is 7.24. The van der Waals surface area contributed by atoms with Gasteiger partial charge in [-0.2, -0.15) is 0 Å². The van der Waals surface area contributed by atoms with Crippen LogP contribution in [0.5, 0.6) is 0 Å². The number of hydrogen-bond donors (Lipinski definition) is 1. The number of nitrogens with zero attached hydrogens (tertiary/aromatic N) is 1. The fourth-order valence-corrected chi connectivity index (χ4v) is 4.29. The van der Waals surface area contributed by atoms with E-state index in [1.54, 1.807) is 13.1 Å². The number of sulfonamides is 1. The summed E-state index contributed by atoms with van der Waals surface area (Å²) in [6, 6.07) is 3.73. The molecule has 0 unspecified atom stereocenters. The zero-order valence-electron chi connectivity index (χ0n) is 13.2. The van der Waals surface area contributed by atoms with Gasteiger partial charge in [0.15, 0.2) is 0 Å². The van der Waals surface area contributed by atoms with Gasteiger partial charge in [0.05, 0.1) is 4.90 Å². The maximum absolute atomic E-state index is 12.7. The van der Waals surface area contributed by atoms with Crippen molar-refractivity contribution in [3.8, 4) is 0 Å². The number of benzene rings is 1. The van der Waals surface area contributed by atoms with Gasteiger partial charge < -0.3 is 5.32 Å². The standard InChI is InChI=1S/C15H25BrN2O2S/c1-5-6-7-8-18(4)21(19,20)15-10-13(11-17-3)9-14(16)12(15)2/h9-10,17H,5-8,11H2,1-4H3. The third-order valence-corrected chi connectivity index (χ3v) is 6.31. The Balaban J connectivity index is 3.11. The van der Waals surface area contributed by atoms with Crippen molar-refractivity contribution < 1.29 is 8.42 Å². The third kappa shape index (κ3) is 4.77. The maximum Gasteiger partial charge on any atom is 0.243 e. The normalized spacial score (nSPS) is 12.1. The lowest BCUT2D eigenvalue weighted by atomic mass is 10.1. The quantitative estimate of drug-likeness (QED) is 0.708. The van der Waals surface area contributed by atoms with Crippen LogP contribution in [-0.4, -0.2) is 33.4 Å². The number of nitrogens with one attached hydrogen (secondary N) is 1. The van der Waals surface area contributed by atoms with Crippen molar-refractivity contribution in [3.63, 3.8) is 0 Å². The minimum atomic E-state index is -3.44. The zero-order chi connectivity index (χ0) is 16.0. The predicted molar refractivity (Wildman–Crippen MR) is 91.0 cm³/mol. The predicted octanol–water partition coefficient (Wildman–Crippen LogP) is 3.29. The van der Waals surface area contributed by atoms with Gasteiger partial charge in [0.25, 0.3) is 0 Å². The van der Waals surface area contributed by atoms with E-state index in [-0.39, 0.29) is 0 Å². The van der Waals surface area contributed by atoms with Gasteiger partial charge in [0, 0.05) is 24.6 Å². The second-order valence-electron chi connectivity index (χ2n) is 5.26. The fraction of sp³-hybridized carbons (Fsp3) is 0.600. The molecule has 1 aromatic rings. The molecule has 0 aromatic heterocycles. The zero-order valence-corrected chi connectivity index (χ0v) is 15.6. The van der Waals surface area contributed by atoms with Crippen LogP contribution in [0.4, 0.5) is 0 Å². The Bertz CT molecular complexity index is 573. The van der Waals surface area contributed by atoms with Gasteiger partial charge in [-0.3, -0.25) is 0 Å². The molecule has 0 aliphatic rings. The van der Waals surface area contributed by atoms with Crippen LogP contribution in [0.3, 0.4) is 0 Å². The summed E-state index contributed by atoms with van der Waals surface area (Å²) in [4.78, 5) is 0.390. The molecule has 120 valence electrons. The number of hydrogen-bond acceptors (Lipinski definition) is 3. The molecule has 0 fully saturated rings. The molecule has 0 radical (unpaired) electrons. The summed E-state index contributed by atoms with van der Waals surface area (Å²) in [5, 5.41) is 3.05. The van der Waals surface area contributed by atoms with Crippen LogP contribution in [0.25, 0.3) is 0 Å². The van der Waals surface area contributed by atoms with Crippen molar-refractivity contribution in [3.05, 3.63) is 27.7 Å². The summed E-state index contributed by atoms with van der Waals surface area (Å²) in [5.41, 5.74) is 1.72. The largest absolute Gasteiger partial charge is 0.316 e. The van der Waals surface area contributed by atoms with Crippen LogP contribution in [0.2, 0.25) is 0 Å². The van der Waals surface area contributed by atoms with Gasteiger partial charge in [-0.25, -0.2) is 12.7 Å². The lowest BCUT2D eigenvalue weighted by Gasteiger charge is -2.20. The molecule has 0 atom stereocenters. The Labute approximate surface area is 137 Å². The van der Waals surface area contributed by atoms with E-state index in [1.165, 1.54) is 4.31 Å². The van der Waals surface area contributed by atoms with Crippen molar-refractivity contribution in [2.75, 3.05) is 20.6 Å². The number of halogens is 1. The average molecular weight is 377 g/mol. The Hall–Kier alpha value is -0.430. The van der Waals surface area contributed by atoms with E-state index in [1.807, 2.05) is 20.0 Å². The topological polar surface area (TPSA) is 49.4 Å². The number of rotatable bonds is 8. The smallest absolute Gasteiger partial charge is 0.243 e. The minimum Gasteiger partial charge on any atom is -0.316 e. The molecular formula is C15H25BrN2O2S. The van der Waals surface area contributed by atoms with Crippen LogP contribution in [0, 0.1) is 6.92 Å². The van der Waals surface area contributed by atoms with E-state index >= 15 is 0 Å². The molecule has 1 aromatic carbocycles. The Kier molecular flexibility index (Phi) is 7.33. The molecular weight excluding hydrogens is 352 g/mol. The molecule has 21 heavy (non-hydrogen) atoms. The highest BCUT2D eigenvalue weighted by Crippen LogP contribution is 2.27. The second kappa shape index (κ2) is 8.27. The molecule has 0 bridgehead atoms. The van der Waals surface area contributed by atoms with Crippen LogP contribution in [0.15, 0.2) is 21.5 Å². The van der Waals surface area contributed by atoms with E-state index in [0.717, 1.165) is 34.9 Å². The lowest BCUT2D eigenvalue weighted by molar-refractivity contribution is 0.453. The SMILES string of the molecule is CCCCCN(C)S(=O)(=O)c1cc(CNC)cc(Br)c1C. The molecule has 0 aliphatic carbocycles. The van der Waals surface area contributed by atoms with E-state index in [9.17, 15) is 8.42 Å². The monoisotopic (exact) mass is 376 g/mol. The molecule has 1 N–H and O–H groups in total. The first kappa shape index (κ1) is 18.6. The highest BCUT2D eigenvalue weighted by atomic mass is 79.9. The Morgan fingerprint density at radius 3 is 2.52 bits per heavy atom. The second-order valence-corrected chi connectivity index (χ2v) is 8.13. The van der Waals surface area contributed by atoms with E-state index in [2.05, 4.69) is 28.2 Å². The molecule has 0 spiro atoms. The third-order valence-electron chi connectivity index (χ3n) is 3.50. The molecule has 1 rings (SSSR count). The van der Waals surface area contributed by atoms with Crippen LogP contribution < -0.4 is 5.32 Å². The van der Waals surface area contributed by atoms with Crippen molar-refractivity contribution in [1.82, 2.24) is 9.62 Å². The van der Waals surface area contributed by atoms with Crippen LogP contribution in [-0.2, 0) is 16.6 Å². The van der Waals surface area contributed by atoms with E-state index < -0.39 is 10.0 Å². The van der Waals surface area contributed by atoms with Gasteiger partial charge in [-0.15, -0.1) is 0 Å². The highest BCUT2D eigenvalue weighted by Gasteiger charge is 2.24. The molecule has 0 amide bonds. The average Bonchev–Trinajstić information content (AvgIpc) is 2.42. The molecule has 0 heterocycles. The van der Waals surface area contributed by atoms with E-state index in [4.69, 9.17) is 0 Å². The van der Waals surface area contributed by atoms with Crippen molar-refractivity contribution in [2.24, 2.45) is 0 Å². The summed E-state index contributed by atoms with van der Waals surface area (Å²) >= 11 is 3.46. The molecule has 4 nitrogen and oxygen atoms in total. The van der Waals surface area contributed by atoms with Gasteiger partial charge >= 0.3 is 0 Å². The summed E-state index contributed by atoms with van der Waals surface area (Å²) in [6.07, 6.45) is 3.01. The molecule has 0 saturated heterocycles. The highest BCUT2D eigenvalue weighted by molar-refractivity contribution is 9.10. The summed E-state index contributed by atoms with van der Waals surface area (Å²) < 4.78 is 27.8. The Morgan fingerprint density at radius 1 is 1.29 bits per heavy atom. The summed E-state index contributed by atoms with van der Waals surface area (Å²) in [6.45, 7) is 5.14. The molecule has 0 aliphatic heterocycles. The van der Waals surface area contributed by atoms with Crippen molar-refractivity contribution in [1.29, 1.82) is 0 Å². The van der Waals surface area contributed by atoms with Gasteiger partial charge in [-0.05, 0) is 43.7 Å². The minimum absolute atomic E-state index is 0.390. The molecule has 6 heteroatoms. The Morgan fingerprint density at radius 2 is 1.95 bits per heavy atom. The van der Waals surface area contributed by atoms with Crippen LogP contribution >= 0.6 is 15.9 Å².